The minimum Gasteiger partial charge on any atom is -0.490 e. The Balaban J connectivity index is 1.39. The molecule has 0 aromatic heterocycles. The number of carbonyl (C=O) groups excluding carboxylic acids is 1. The molecular formula is C27H37BrO4. The average Bonchev–Trinajstić information content (AvgIpc) is 3.07. The molecule has 0 bridgehead atoms. The lowest BCUT2D eigenvalue weighted by molar-refractivity contribution is -0.219. The molecule has 0 amide bonds. The maximum atomic E-state index is 12.0. The van der Waals surface area contributed by atoms with Crippen LogP contribution in [0.2, 0.25) is 0 Å². The number of para-hydroxylation sites is 1. The van der Waals surface area contributed by atoms with Gasteiger partial charge in [-0.25, -0.2) is 0 Å². The Morgan fingerprint density at radius 2 is 1.81 bits per heavy atom. The lowest BCUT2D eigenvalue weighted by atomic mass is 9.43. The second-order valence-corrected chi connectivity index (χ2v) is 12.5. The Kier molecular flexibility index (Phi) is 5.68. The number of carbonyl (C=O) groups is 1. The lowest BCUT2D eigenvalue weighted by Crippen LogP contribution is -2.67. The van der Waals surface area contributed by atoms with E-state index in [9.17, 15) is 9.90 Å². The number of fused-ring (bicyclic) bond motifs is 5. The molecule has 4 aliphatic carbocycles. The number of rotatable bonds is 3. The largest absolute Gasteiger partial charge is 0.490 e. The molecule has 5 heteroatoms. The van der Waals surface area contributed by atoms with Crippen molar-refractivity contribution < 1.29 is 19.4 Å². The fourth-order valence-corrected chi connectivity index (χ4v) is 9.48. The van der Waals surface area contributed by atoms with Crippen LogP contribution in [0.1, 0.15) is 72.1 Å². The zero-order valence-corrected chi connectivity index (χ0v) is 21.1. The van der Waals surface area contributed by atoms with Gasteiger partial charge in [-0.1, -0.05) is 48.0 Å². The number of ether oxygens (including phenoxy) is 2. The molecule has 32 heavy (non-hydrogen) atoms. The first-order chi connectivity index (χ1) is 15.2. The maximum Gasteiger partial charge on any atom is 0.302 e. The van der Waals surface area contributed by atoms with Gasteiger partial charge >= 0.3 is 5.97 Å². The zero-order chi connectivity index (χ0) is 22.7. The monoisotopic (exact) mass is 504 g/mol. The van der Waals surface area contributed by atoms with Gasteiger partial charge in [-0.05, 0) is 74.8 Å². The molecule has 0 heterocycles. The van der Waals surface area contributed by atoms with Crippen molar-refractivity contribution in [3.63, 3.8) is 0 Å². The molecule has 1 aromatic rings. The Morgan fingerprint density at radius 3 is 2.53 bits per heavy atom. The number of aliphatic hydroxyl groups is 1. The summed E-state index contributed by atoms with van der Waals surface area (Å²) in [6.07, 6.45) is 8.00. The molecule has 4 saturated carbocycles. The van der Waals surface area contributed by atoms with Crippen LogP contribution >= 0.6 is 15.9 Å². The van der Waals surface area contributed by atoms with Crippen LogP contribution in [0.5, 0.6) is 5.75 Å². The molecule has 176 valence electrons. The highest BCUT2D eigenvalue weighted by atomic mass is 79.9. The summed E-state index contributed by atoms with van der Waals surface area (Å²) in [6.45, 7) is 6.24. The third-order valence-corrected chi connectivity index (χ3v) is 11.2. The van der Waals surface area contributed by atoms with E-state index >= 15 is 0 Å². The van der Waals surface area contributed by atoms with Crippen molar-refractivity contribution in [2.24, 2.45) is 28.6 Å². The van der Waals surface area contributed by atoms with Crippen LogP contribution in [0.4, 0.5) is 0 Å². The molecule has 0 saturated heterocycles. The number of esters is 1. The van der Waals surface area contributed by atoms with E-state index in [2.05, 4.69) is 41.9 Å². The van der Waals surface area contributed by atoms with Crippen LogP contribution < -0.4 is 4.74 Å². The van der Waals surface area contributed by atoms with Gasteiger partial charge in [0.15, 0.2) is 0 Å². The Morgan fingerprint density at radius 1 is 1.06 bits per heavy atom. The number of benzene rings is 1. The predicted octanol–water partition coefficient (Wildman–Crippen LogP) is 5.90. The standard InChI is InChI=1S/C27H37BrO4/c1-17(29)31-19-11-14-26(3)22-12-13-25(2)21(20(22)15-23(28)27(26,30)16-19)9-10-24(25)32-18-7-5-4-6-8-18/h4-8,19-24,30H,9-16H2,1-3H3/t19-,20-,21-,22-,23+,24-,25-,26+,27+/m0/s1. The van der Waals surface area contributed by atoms with Crippen LogP contribution in [0.3, 0.4) is 0 Å². The predicted molar refractivity (Wildman–Crippen MR) is 128 cm³/mol. The Bertz CT molecular complexity index is 860. The van der Waals surface area contributed by atoms with Gasteiger partial charge in [0.1, 0.15) is 18.0 Å². The lowest BCUT2D eigenvalue weighted by Gasteiger charge is -2.65. The minimum atomic E-state index is -0.835. The van der Waals surface area contributed by atoms with Gasteiger partial charge in [-0.15, -0.1) is 0 Å². The molecule has 4 fully saturated rings. The number of halogens is 1. The summed E-state index contributed by atoms with van der Waals surface area (Å²) in [7, 11) is 0. The van der Waals surface area contributed by atoms with Crippen LogP contribution in [-0.4, -0.2) is 33.7 Å². The number of hydrogen-bond donors (Lipinski definition) is 1. The van der Waals surface area contributed by atoms with Gasteiger partial charge in [0, 0.05) is 29.0 Å². The van der Waals surface area contributed by atoms with Gasteiger partial charge in [-0.3, -0.25) is 4.79 Å². The molecule has 0 radical (unpaired) electrons. The van der Waals surface area contributed by atoms with Crippen molar-refractivity contribution in [2.45, 2.75) is 94.8 Å². The molecule has 0 aliphatic heterocycles. The van der Waals surface area contributed by atoms with E-state index in [1.807, 2.05) is 18.2 Å². The number of alkyl halides is 1. The molecule has 0 spiro atoms. The normalized spacial score (nSPS) is 47.7. The molecule has 1 aromatic carbocycles. The van der Waals surface area contributed by atoms with Crippen molar-refractivity contribution in [3.05, 3.63) is 30.3 Å². The smallest absolute Gasteiger partial charge is 0.302 e. The summed E-state index contributed by atoms with van der Waals surface area (Å²) >= 11 is 3.94. The van der Waals surface area contributed by atoms with Crippen molar-refractivity contribution >= 4 is 21.9 Å². The van der Waals surface area contributed by atoms with E-state index in [1.54, 1.807) is 0 Å². The summed E-state index contributed by atoms with van der Waals surface area (Å²) in [5, 5.41) is 12.0. The molecule has 4 aliphatic rings. The first-order valence-corrected chi connectivity index (χ1v) is 13.3. The fraction of sp³-hybridized carbons (Fsp3) is 0.741. The Hall–Kier alpha value is -1.07. The Labute approximate surface area is 200 Å². The maximum absolute atomic E-state index is 12.0. The summed E-state index contributed by atoms with van der Waals surface area (Å²) in [5.74, 6) is 2.47. The fourth-order valence-electron chi connectivity index (χ4n) is 8.34. The van der Waals surface area contributed by atoms with E-state index in [4.69, 9.17) is 9.47 Å². The van der Waals surface area contributed by atoms with E-state index < -0.39 is 5.60 Å². The van der Waals surface area contributed by atoms with Crippen molar-refractivity contribution in [3.8, 4) is 5.75 Å². The average molecular weight is 505 g/mol. The quantitative estimate of drug-likeness (QED) is 0.411. The molecule has 4 nitrogen and oxygen atoms in total. The van der Waals surface area contributed by atoms with Gasteiger partial charge in [0.05, 0.1) is 5.60 Å². The SMILES string of the molecule is CC(=O)O[C@H]1CC[C@]2(C)[C@H]3CC[C@]4(C)[C@@H](Oc5ccccc5)CC[C@H]4[C@@H]3C[C@@H](Br)[C@]2(O)C1. The molecular weight excluding hydrogens is 468 g/mol. The number of hydrogen-bond acceptors (Lipinski definition) is 4. The molecule has 0 unspecified atom stereocenters. The van der Waals surface area contributed by atoms with E-state index in [-0.39, 0.29) is 33.8 Å². The third kappa shape index (κ3) is 3.36. The third-order valence-electron chi connectivity index (χ3n) is 10.0. The van der Waals surface area contributed by atoms with E-state index in [1.165, 1.54) is 13.3 Å². The van der Waals surface area contributed by atoms with Crippen molar-refractivity contribution in [2.75, 3.05) is 0 Å². The highest BCUT2D eigenvalue weighted by Gasteiger charge is 2.67. The molecule has 9 atom stereocenters. The van der Waals surface area contributed by atoms with E-state index in [0.717, 1.165) is 44.3 Å². The molecule has 5 rings (SSSR count). The summed E-state index contributed by atoms with van der Waals surface area (Å²) < 4.78 is 12.1. The van der Waals surface area contributed by atoms with E-state index in [0.29, 0.717) is 24.2 Å². The van der Waals surface area contributed by atoms with Crippen LogP contribution in [-0.2, 0) is 9.53 Å². The first-order valence-electron chi connectivity index (χ1n) is 12.4. The minimum absolute atomic E-state index is 0.0241. The second-order valence-electron chi connectivity index (χ2n) is 11.4. The summed E-state index contributed by atoms with van der Waals surface area (Å²) in [4.78, 5) is 11.6. The van der Waals surface area contributed by atoms with Crippen molar-refractivity contribution in [1.82, 2.24) is 0 Å². The molecule has 1 N–H and O–H groups in total. The highest BCUT2D eigenvalue weighted by Crippen LogP contribution is 2.68. The van der Waals surface area contributed by atoms with Gasteiger partial charge in [0.25, 0.3) is 0 Å². The summed E-state index contributed by atoms with van der Waals surface area (Å²) in [5.41, 5.74) is -0.802. The van der Waals surface area contributed by atoms with Crippen LogP contribution in [0.25, 0.3) is 0 Å². The van der Waals surface area contributed by atoms with Gasteiger partial charge in [0.2, 0.25) is 0 Å². The first kappa shape index (κ1) is 22.7. The van der Waals surface area contributed by atoms with Gasteiger partial charge in [-0.2, -0.15) is 0 Å². The zero-order valence-electron chi connectivity index (χ0n) is 19.6. The highest BCUT2D eigenvalue weighted by molar-refractivity contribution is 9.09. The van der Waals surface area contributed by atoms with Gasteiger partial charge < -0.3 is 14.6 Å². The topological polar surface area (TPSA) is 55.8 Å². The van der Waals surface area contributed by atoms with Crippen molar-refractivity contribution in [1.29, 1.82) is 0 Å². The summed E-state index contributed by atoms with van der Waals surface area (Å²) in [6, 6.07) is 10.3. The van der Waals surface area contributed by atoms with Crippen LogP contribution in [0, 0.1) is 28.6 Å². The van der Waals surface area contributed by atoms with Crippen LogP contribution in [0.15, 0.2) is 30.3 Å². The second kappa shape index (κ2) is 8.01.